The number of benzene rings is 5. The minimum atomic E-state index is -1.35. The molecule has 10 nitrogen and oxygen atoms in total. The zero-order valence-corrected chi connectivity index (χ0v) is 30.6. The molecule has 0 saturated carbocycles. The number of hydrogen-bond acceptors (Lipinski definition) is 10. The summed E-state index contributed by atoms with van der Waals surface area (Å²) in [6.45, 7) is 3.20. The van der Waals surface area contributed by atoms with Crippen molar-refractivity contribution in [3.63, 3.8) is 0 Å². The van der Waals surface area contributed by atoms with Crippen LogP contribution in [0.2, 0.25) is 0 Å². The van der Waals surface area contributed by atoms with Gasteiger partial charge in [-0.2, -0.15) is 0 Å². The number of rotatable bonds is 14. The summed E-state index contributed by atoms with van der Waals surface area (Å²) in [5.74, 6) is -1.97. The van der Waals surface area contributed by atoms with Gasteiger partial charge in [0, 0.05) is 19.8 Å². The number of ether oxygens (including phenoxy) is 6. The van der Waals surface area contributed by atoms with E-state index in [1.54, 1.807) is 97.1 Å². The lowest BCUT2D eigenvalue weighted by Crippen LogP contribution is -2.55. The Labute approximate surface area is 319 Å². The minimum absolute atomic E-state index is 0.00943. The number of carbonyl (C=O) groups is 4. The van der Waals surface area contributed by atoms with Crippen molar-refractivity contribution in [1.29, 1.82) is 0 Å². The van der Waals surface area contributed by atoms with Gasteiger partial charge in [0.25, 0.3) is 0 Å². The predicted octanol–water partition coefficient (Wildman–Crippen LogP) is 7.70. The van der Waals surface area contributed by atoms with Crippen LogP contribution in [0.4, 0.5) is 0 Å². The molecule has 1 aliphatic heterocycles. The van der Waals surface area contributed by atoms with Crippen molar-refractivity contribution in [2.24, 2.45) is 0 Å². The molecule has 0 aromatic heterocycles. The van der Waals surface area contributed by atoms with E-state index in [0.717, 1.165) is 17.5 Å². The summed E-state index contributed by atoms with van der Waals surface area (Å²) in [6.07, 6.45) is -3.16. The highest BCUT2D eigenvalue weighted by molar-refractivity contribution is 5.90. The molecule has 1 saturated heterocycles. The van der Waals surface area contributed by atoms with Gasteiger partial charge in [-0.3, -0.25) is 4.79 Å². The van der Waals surface area contributed by atoms with Crippen LogP contribution in [0, 0.1) is 0 Å². The van der Waals surface area contributed by atoms with Gasteiger partial charge in [-0.25, -0.2) is 14.4 Å². The highest BCUT2D eigenvalue weighted by atomic mass is 16.7. The van der Waals surface area contributed by atoms with E-state index < -0.39 is 48.5 Å². The second-order valence-corrected chi connectivity index (χ2v) is 13.1. The molecule has 55 heavy (non-hydrogen) atoms. The van der Waals surface area contributed by atoms with E-state index in [-0.39, 0.29) is 25.2 Å². The second kappa shape index (κ2) is 18.7. The van der Waals surface area contributed by atoms with E-state index >= 15 is 0 Å². The first-order valence-corrected chi connectivity index (χ1v) is 18.1. The lowest BCUT2D eigenvalue weighted by Gasteiger charge is -2.40. The van der Waals surface area contributed by atoms with E-state index in [0.29, 0.717) is 28.9 Å². The van der Waals surface area contributed by atoms with Gasteiger partial charge in [0.1, 0.15) is 25.1 Å². The van der Waals surface area contributed by atoms with Gasteiger partial charge in [-0.15, -0.1) is 0 Å². The van der Waals surface area contributed by atoms with E-state index in [4.69, 9.17) is 28.4 Å². The van der Waals surface area contributed by atoms with Crippen molar-refractivity contribution in [2.75, 3.05) is 6.61 Å². The number of esters is 4. The Morgan fingerprint density at radius 2 is 1.18 bits per heavy atom. The van der Waals surface area contributed by atoms with Crippen LogP contribution in [-0.4, -0.2) is 55.1 Å². The standard InChI is InChI=1S/C45H42O10/c1-3-31-19-21-32(22-20-31)25-37-24-23-33(28-50-30(2)46)26-39(37)54-45-41(55-44(49)36-17-11-6-12-18-36)40(53-43(48)35-15-9-5-10-16-35)27-38(52-45)29-51-42(47)34-13-7-4-8-14-34/h4-24,26,38,40-41,45H,3,25,27-29H2,1-2H3/t38-,40-,41+,45+/m0/s1. The smallest absolute Gasteiger partial charge is 0.338 e. The highest BCUT2D eigenvalue weighted by Gasteiger charge is 2.46. The van der Waals surface area contributed by atoms with E-state index in [9.17, 15) is 19.2 Å². The Morgan fingerprint density at radius 1 is 0.636 bits per heavy atom. The molecule has 1 aliphatic rings. The van der Waals surface area contributed by atoms with Crippen molar-refractivity contribution in [2.45, 2.75) is 64.3 Å². The van der Waals surface area contributed by atoms with Crippen LogP contribution in [0.15, 0.2) is 133 Å². The van der Waals surface area contributed by atoms with Crippen molar-refractivity contribution in [3.05, 3.63) is 172 Å². The summed E-state index contributed by atoms with van der Waals surface area (Å²) in [6, 6.07) is 39.1. The van der Waals surface area contributed by atoms with Gasteiger partial charge in [0.2, 0.25) is 12.4 Å². The Balaban J connectivity index is 1.36. The van der Waals surface area contributed by atoms with Crippen LogP contribution in [0.25, 0.3) is 0 Å². The van der Waals surface area contributed by atoms with Crippen LogP contribution in [0.3, 0.4) is 0 Å². The third kappa shape index (κ3) is 10.7. The molecule has 1 fully saturated rings. The lowest BCUT2D eigenvalue weighted by molar-refractivity contribution is -0.240. The predicted molar refractivity (Wildman–Crippen MR) is 202 cm³/mol. The molecule has 10 heteroatoms. The zero-order valence-electron chi connectivity index (χ0n) is 30.6. The maximum absolute atomic E-state index is 13.6. The van der Waals surface area contributed by atoms with Gasteiger partial charge in [0.15, 0.2) is 0 Å². The Hall–Kier alpha value is -6.26. The van der Waals surface area contributed by atoms with Crippen LogP contribution in [-0.2, 0) is 47.9 Å². The molecule has 6 rings (SSSR count). The largest absolute Gasteiger partial charge is 0.461 e. The third-order valence-corrected chi connectivity index (χ3v) is 9.03. The SMILES string of the molecule is CCc1ccc(Cc2ccc(COC(C)=O)cc2O[C@H]2O[C@H](COC(=O)c3ccccc3)C[C@H](OC(=O)c3ccccc3)[C@H]2OC(=O)c2ccccc2)cc1. The van der Waals surface area contributed by atoms with Crippen molar-refractivity contribution in [1.82, 2.24) is 0 Å². The minimum Gasteiger partial charge on any atom is -0.461 e. The topological polar surface area (TPSA) is 124 Å². The molecule has 5 aromatic carbocycles. The molecule has 0 N–H and O–H groups in total. The summed E-state index contributed by atoms with van der Waals surface area (Å²) >= 11 is 0. The number of carbonyl (C=O) groups excluding carboxylic acids is 4. The summed E-state index contributed by atoms with van der Waals surface area (Å²) in [7, 11) is 0. The fraction of sp³-hybridized carbons (Fsp3) is 0.244. The van der Waals surface area contributed by atoms with Crippen LogP contribution in [0.5, 0.6) is 5.75 Å². The fourth-order valence-corrected chi connectivity index (χ4v) is 6.08. The van der Waals surface area contributed by atoms with Crippen molar-refractivity contribution in [3.8, 4) is 5.75 Å². The third-order valence-electron chi connectivity index (χ3n) is 9.03. The first-order valence-electron chi connectivity index (χ1n) is 18.1. The molecule has 0 bridgehead atoms. The zero-order chi connectivity index (χ0) is 38.6. The molecule has 0 aliphatic carbocycles. The van der Waals surface area contributed by atoms with E-state index in [2.05, 4.69) is 19.1 Å². The summed E-state index contributed by atoms with van der Waals surface area (Å²) < 4.78 is 36.3. The molecule has 0 unspecified atom stereocenters. The maximum atomic E-state index is 13.6. The lowest BCUT2D eigenvalue weighted by atomic mass is 10.00. The summed E-state index contributed by atoms with van der Waals surface area (Å²) in [4.78, 5) is 51.9. The second-order valence-electron chi connectivity index (χ2n) is 13.1. The maximum Gasteiger partial charge on any atom is 0.338 e. The Bertz CT molecular complexity index is 2050. The molecular formula is C45H42O10. The van der Waals surface area contributed by atoms with Gasteiger partial charge in [0.05, 0.1) is 22.8 Å². The van der Waals surface area contributed by atoms with Gasteiger partial charge >= 0.3 is 23.9 Å². The van der Waals surface area contributed by atoms with Crippen molar-refractivity contribution >= 4 is 23.9 Å². The van der Waals surface area contributed by atoms with Gasteiger partial charge in [-0.1, -0.05) is 97.9 Å². The fourth-order valence-electron chi connectivity index (χ4n) is 6.08. The number of aryl methyl sites for hydroxylation is 1. The average Bonchev–Trinajstić information content (AvgIpc) is 3.22. The highest BCUT2D eigenvalue weighted by Crippen LogP contribution is 2.33. The average molecular weight is 743 g/mol. The molecule has 282 valence electrons. The molecule has 1 heterocycles. The number of hydrogen-bond donors (Lipinski definition) is 0. The normalized spacial score (nSPS) is 17.7. The summed E-state index contributed by atoms with van der Waals surface area (Å²) in [5, 5.41) is 0. The molecular weight excluding hydrogens is 700 g/mol. The Morgan fingerprint density at radius 3 is 1.76 bits per heavy atom. The monoisotopic (exact) mass is 742 g/mol. The molecule has 0 spiro atoms. The first kappa shape index (κ1) is 38.5. The van der Waals surface area contributed by atoms with Gasteiger partial charge in [-0.05, 0) is 71.1 Å². The molecule has 4 atom stereocenters. The summed E-state index contributed by atoms with van der Waals surface area (Å²) in [5.41, 5.74) is 4.55. The molecule has 5 aromatic rings. The molecule has 0 radical (unpaired) electrons. The first-order chi connectivity index (χ1) is 26.7. The van der Waals surface area contributed by atoms with E-state index in [1.807, 2.05) is 24.3 Å². The van der Waals surface area contributed by atoms with Crippen LogP contribution >= 0.6 is 0 Å². The molecule has 0 amide bonds. The van der Waals surface area contributed by atoms with E-state index in [1.165, 1.54) is 12.5 Å². The van der Waals surface area contributed by atoms with Crippen LogP contribution in [0.1, 0.15) is 73.6 Å². The Kier molecular flexibility index (Phi) is 13.1. The van der Waals surface area contributed by atoms with Crippen LogP contribution < -0.4 is 4.74 Å². The van der Waals surface area contributed by atoms with Crippen molar-refractivity contribution < 1.29 is 47.6 Å². The van der Waals surface area contributed by atoms with Gasteiger partial charge < -0.3 is 28.4 Å². The quantitative estimate of drug-likeness (QED) is 0.0826.